The Morgan fingerprint density at radius 3 is 2.57 bits per heavy atom. The normalized spacial score (nSPS) is 21.5. The summed E-state index contributed by atoms with van der Waals surface area (Å²) in [6.07, 6.45) is 7.52. The molecule has 1 aromatic rings. The molecule has 0 saturated heterocycles. The van der Waals surface area contributed by atoms with Crippen molar-refractivity contribution in [1.82, 2.24) is 9.55 Å². The van der Waals surface area contributed by atoms with Gasteiger partial charge in [-0.1, -0.05) is 41.0 Å². The lowest BCUT2D eigenvalue weighted by Gasteiger charge is -2.25. The zero-order chi connectivity index (χ0) is 20.8. The van der Waals surface area contributed by atoms with Gasteiger partial charge < -0.3 is 4.74 Å². The Labute approximate surface area is 173 Å². The van der Waals surface area contributed by atoms with Crippen LogP contribution in [0.4, 0.5) is 0 Å². The maximum absolute atomic E-state index is 12.5. The molecule has 1 aliphatic rings. The highest BCUT2D eigenvalue weighted by atomic mass is 32.2. The molecule has 0 aromatic carbocycles. The summed E-state index contributed by atoms with van der Waals surface area (Å²) in [4.78, 5) is 28.6. The highest BCUT2D eigenvalue weighted by Crippen LogP contribution is 2.59. The fourth-order valence-corrected chi connectivity index (χ4v) is 4.49. The second-order valence-corrected chi connectivity index (χ2v) is 10.5. The lowest BCUT2D eigenvalue weighted by Crippen LogP contribution is -2.26. The molecule has 0 radical (unpaired) electrons. The average Bonchev–Trinajstić information content (AvgIpc) is 3.24. The molecule has 2 rings (SSSR count). The second-order valence-electron chi connectivity index (χ2n) is 9.22. The van der Waals surface area contributed by atoms with Crippen LogP contribution in [0.1, 0.15) is 73.1 Å². The third-order valence-corrected chi connectivity index (χ3v) is 6.19. The number of nitrogens with zero attached hydrogens (tertiary/aromatic N) is 2. The first-order chi connectivity index (χ1) is 13.2. The Balaban J connectivity index is 1.62. The van der Waals surface area contributed by atoms with E-state index in [0.29, 0.717) is 19.1 Å². The molecule has 6 heteroatoms. The van der Waals surface area contributed by atoms with Gasteiger partial charge in [-0.3, -0.25) is 9.36 Å². The molecule has 1 saturated carbocycles. The van der Waals surface area contributed by atoms with Crippen molar-refractivity contribution < 1.29 is 9.53 Å². The Morgan fingerprint density at radius 1 is 1.32 bits per heavy atom. The monoisotopic (exact) mass is 408 g/mol. The summed E-state index contributed by atoms with van der Waals surface area (Å²) in [5.74, 6) is 1.35. The van der Waals surface area contributed by atoms with Gasteiger partial charge in [0.15, 0.2) is 0 Å². The average molecular weight is 409 g/mol. The Hall–Kier alpha value is -1.30. The van der Waals surface area contributed by atoms with E-state index in [1.807, 2.05) is 19.2 Å². The Morgan fingerprint density at radius 2 is 2.00 bits per heavy atom. The van der Waals surface area contributed by atoms with Crippen LogP contribution in [0.5, 0.6) is 0 Å². The van der Waals surface area contributed by atoms with Gasteiger partial charge in [0.1, 0.15) is 5.03 Å². The van der Waals surface area contributed by atoms with Crippen molar-refractivity contribution in [3.63, 3.8) is 0 Å². The van der Waals surface area contributed by atoms with Crippen LogP contribution in [0.3, 0.4) is 0 Å². The molecule has 0 bridgehead atoms. The standard InChI is InChI=1S/C22H36N2O3S/c1-6-28-18-11-13-24(20(26)23-18)12-9-7-8-10-14-27-19(25)22(15-17(22)2)16-21(3,4)5/h11,13,17H,6-10,12,14-16H2,1-5H3. The summed E-state index contributed by atoms with van der Waals surface area (Å²) in [5.41, 5.74) is -0.270. The van der Waals surface area contributed by atoms with Crippen molar-refractivity contribution in [3.8, 4) is 0 Å². The van der Waals surface area contributed by atoms with Gasteiger partial charge in [0.25, 0.3) is 0 Å². The molecule has 0 amide bonds. The quantitative estimate of drug-likeness (QED) is 0.225. The van der Waals surface area contributed by atoms with Crippen LogP contribution in [-0.2, 0) is 16.1 Å². The number of ether oxygens (including phenoxy) is 1. The predicted octanol–water partition coefficient (Wildman–Crippen LogP) is 4.92. The Kier molecular flexibility index (Phi) is 8.17. The fraction of sp³-hybridized carbons (Fsp3) is 0.773. The van der Waals surface area contributed by atoms with Crippen molar-refractivity contribution in [3.05, 3.63) is 22.7 Å². The zero-order valence-corrected chi connectivity index (χ0v) is 18.9. The molecule has 28 heavy (non-hydrogen) atoms. The van der Waals surface area contributed by atoms with Crippen LogP contribution < -0.4 is 5.69 Å². The number of carbonyl (C=O) groups excluding carboxylic acids is 1. The number of hydrogen-bond donors (Lipinski definition) is 0. The summed E-state index contributed by atoms with van der Waals surface area (Å²) in [6.45, 7) is 11.9. The van der Waals surface area contributed by atoms with Crippen LogP contribution in [0, 0.1) is 16.7 Å². The van der Waals surface area contributed by atoms with Crippen molar-refractivity contribution in [2.75, 3.05) is 12.4 Å². The molecule has 0 N–H and O–H groups in total. The van der Waals surface area contributed by atoms with Gasteiger partial charge in [-0.05, 0) is 55.3 Å². The fourth-order valence-electron chi connectivity index (χ4n) is 3.89. The van der Waals surface area contributed by atoms with E-state index in [-0.39, 0.29) is 22.5 Å². The van der Waals surface area contributed by atoms with E-state index in [9.17, 15) is 9.59 Å². The molecule has 1 fully saturated rings. The van der Waals surface area contributed by atoms with Crippen LogP contribution in [-0.4, -0.2) is 27.9 Å². The SMILES string of the molecule is CCSc1ccn(CCCCCCOC(=O)C2(CC(C)(C)C)CC2C)c(=O)n1. The molecule has 158 valence electrons. The molecule has 0 spiro atoms. The van der Waals surface area contributed by atoms with Gasteiger partial charge in [-0.2, -0.15) is 4.98 Å². The Bertz CT molecular complexity index is 710. The minimum absolute atomic E-state index is 0.00223. The van der Waals surface area contributed by atoms with Gasteiger partial charge >= 0.3 is 11.7 Å². The van der Waals surface area contributed by atoms with E-state index < -0.39 is 0 Å². The number of thioether (sulfide) groups is 1. The summed E-state index contributed by atoms with van der Waals surface area (Å²) in [6, 6.07) is 1.90. The largest absolute Gasteiger partial charge is 0.465 e. The topological polar surface area (TPSA) is 61.2 Å². The highest BCUT2D eigenvalue weighted by molar-refractivity contribution is 7.99. The molecule has 2 unspecified atom stereocenters. The van der Waals surface area contributed by atoms with E-state index in [0.717, 1.165) is 49.3 Å². The number of aryl methyl sites for hydroxylation is 1. The van der Waals surface area contributed by atoms with Crippen molar-refractivity contribution in [1.29, 1.82) is 0 Å². The van der Waals surface area contributed by atoms with Gasteiger partial charge in [-0.25, -0.2) is 4.79 Å². The second kappa shape index (κ2) is 9.95. The van der Waals surface area contributed by atoms with Crippen molar-refractivity contribution in [2.24, 2.45) is 16.7 Å². The molecular formula is C22H36N2O3S. The first-order valence-electron chi connectivity index (χ1n) is 10.6. The zero-order valence-electron chi connectivity index (χ0n) is 18.1. The molecule has 5 nitrogen and oxygen atoms in total. The molecular weight excluding hydrogens is 372 g/mol. The van der Waals surface area contributed by atoms with Crippen LogP contribution in [0.25, 0.3) is 0 Å². The lowest BCUT2D eigenvalue weighted by molar-refractivity contribution is -0.152. The van der Waals surface area contributed by atoms with E-state index in [1.54, 1.807) is 16.3 Å². The summed E-state index contributed by atoms with van der Waals surface area (Å²) in [7, 11) is 0. The molecule has 1 aromatic heterocycles. The first-order valence-corrected chi connectivity index (χ1v) is 11.5. The highest BCUT2D eigenvalue weighted by Gasteiger charge is 2.59. The van der Waals surface area contributed by atoms with Crippen LogP contribution in [0.2, 0.25) is 0 Å². The van der Waals surface area contributed by atoms with Crippen molar-refractivity contribution >= 4 is 17.7 Å². The van der Waals surface area contributed by atoms with Gasteiger partial charge in [0.05, 0.1) is 12.0 Å². The molecule has 2 atom stereocenters. The minimum Gasteiger partial charge on any atom is -0.465 e. The van der Waals surface area contributed by atoms with Crippen LogP contribution >= 0.6 is 11.8 Å². The van der Waals surface area contributed by atoms with Gasteiger partial charge in [0, 0.05) is 12.7 Å². The smallest absolute Gasteiger partial charge is 0.348 e. The van der Waals surface area contributed by atoms with E-state index >= 15 is 0 Å². The third-order valence-electron chi connectivity index (χ3n) is 5.37. The molecule has 0 aliphatic heterocycles. The maximum Gasteiger partial charge on any atom is 0.348 e. The van der Waals surface area contributed by atoms with E-state index in [2.05, 4.69) is 32.7 Å². The van der Waals surface area contributed by atoms with Crippen molar-refractivity contribution in [2.45, 2.75) is 84.7 Å². The van der Waals surface area contributed by atoms with Gasteiger partial charge in [0.2, 0.25) is 0 Å². The lowest BCUT2D eigenvalue weighted by atomic mass is 9.81. The van der Waals surface area contributed by atoms with Crippen LogP contribution in [0.15, 0.2) is 22.1 Å². The van der Waals surface area contributed by atoms with E-state index in [4.69, 9.17) is 4.74 Å². The number of rotatable bonds is 11. The maximum atomic E-state index is 12.5. The van der Waals surface area contributed by atoms with Gasteiger partial charge in [-0.15, -0.1) is 11.8 Å². The number of esters is 1. The molecule has 1 heterocycles. The number of carbonyl (C=O) groups is 1. The first kappa shape index (κ1) is 23.0. The van der Waals surface area contributed by atoms with E-state index in [1.165, 1.54) is 0 Å². The number of aromatic nitrogens is 2. The summed E-state index contributed by atoms with van der Waals surface area (Å²) < 4.78 is 7.27. The minimum atomic E-state index is -0.241. The predicted molar refractivity (Wildman–Crippen MR) is 115 cm³/mol. The third kappa shape index (κ3) is 6.64. The molecule has 1 aliphatic carbocycles. The summed E-state index contributed by atoms with van der Waals surface area (Å²) >= 11 is 1.58. The number of hydrogen-bond acceptors (Lipinski definition) is 5. The number of unbranched alkanes of at least 4 members (excludes halogenated alkanes) is 3. The summed E-state index contributed by atoms with van der Waals surface area (Å²) in [5, 5.41) is 0.791.